The van der Waals surface area contributed by atoms with Gasteiger partial charge in [0.1, 0.15) is 17.4 Å². The van der Waals surface area contributed by atoms with Crippen LogP contribution in [-0.2, 0) is 10.0 Å². The molecule has 1 unspecified atom stereocenters. The fourth-order valence-corrected chi connectivity index (χ4v) is 4.82. The molecule has 1 aliphatic rings. The third-order valence-corrected chi connectivity index (χ3v) is 6.80. The highest BCUT2D eigenvalue weighted by molar-refractivity contribution is 7.89. The molecule has 6 nitrogen and oxygen atoms in total. The molecule has 0 radical (unpaired) electrons. The van der Waals surface area contributed by atoms with E-state index >= 15 is 0 Å². The molecule has 5 rings (SSSR count). The smallest absolute Gasteiger partial charge is 0.238 e. The molecular weight excluding hydrogens is 450 g/mol. The van der Waals surface area contributed by atoms with Crippen molar-refractivity contribution in [3.8, 4) is 11.5 Å². The molecule has 32 heavy (non-hydrogen) atoms. The monoisotopic (exact) mass is 469 g/mol. The van der Waals surface area contributed by atoms with Crippen LogP contribution in [-0.4, -0.2) is 21.1 Å². The Balaban J connectivity index is 1.59. The average Bonchev–Trinajstić information content (AvgIpc) is 3.07. The van der Waals surface area contributed by atoms with E-state index in [4.69, 9.17) is 30.6 Å². The first-order chi connectivity index (χ1) is 15.4. The lowest BCUT2D eigenvalue weighted by Crippen LogP contribution is -2.27. The van der Waals surface area contributed by atoms with Crippen molar-refractivity contribution in [2.24, 2.45) is 5.14 Å². The summed E-state index contributed by atoms with van der Waals surface area (Å²) < 4.78 is 41.8. The Morgan fingerprint density at radius 2 is 1.75 bits per heavy atom. The first-order valence-electron chi connectivity index (χ1n) is 10.1. The third kappa shape index (κ3) is 3.95. The minimum Gasteiger partial charge on any atom is -0.490 e. The van der Waals surface area contributed by atoms with Gasteiger partial charge in [0.05, 0.1) is 17.4 Å². The summed E-state index contributed by atoms with van der Waals surface area (Å²) in [6, 6.07) is 21.8. The second-order valence-corrected chi connectivity index (χ2v) is 9.60. The van der Waals surface area contributed by atoms with Crippen molar-refractivity contribution in [1.29, 1.82) is 0 Å². The van der Waals surface area contributed by atoms with Gasteiger partial charge < -0.3 is 13.9 Å². The number of ether oxygens (including phenoxy) is 2. The highest BCUT2D eigenvalue weighted by Crippen LogP contribution is 2.41. The quantitative estimate of drug-likeness (QED) is 0.449. The normalized spacial score (nSPS) is 17.1. The molecule has 3 aromatic carbocycles. The van der Waals surface area contributed by atoms with Gasteiger partial charge in [-0.05, 0) is 35.9 Å². The highest BCUT2D eigenvalue weighted by atomic mass is 35.5. The maximum atomic E-state index is 11.7. The molecule has 2 N–H and O–H groups in total. The summed E-state index contributed by atoms with van der Waals surface area (Å²) >= 11 is 6.59. The van der Waals surface area contributed by atoms with E-state index in [9.17, 15) is 8.42 Å². The highest BCUT2D eigenvalue weighted by Gasteiger charge is 2.33. The van der Waals surface area contributed by atoms with Crippen molar-refractivity contribution in [3.05, 3.63) is 89.1 Å². The summed E-state index contributed by atoms with van der Waals surface area (Å²) in [7, 11) is -3.85. The lowest BCUT2D eigenvalue weighted by molar-refractivity contribution is 0.165. The largest absolute Gasteiger partial charge is 0.490 e. The fraction of sp³-hybridized carbons (Fsp3) is 0.167. The zero-order valence-electron chi connectivity index (χ0n) is 16.9. The summed E-state index contributed by atoms with van der Waals surface area (Å²) in [6.45, 7) is 0.326. The van der Waals surface area contributed by atoms with Gasteiger partial charge in [-0.15, -0.1) is 0 Å². The molecule has 0 fully saturated rings. The van der Waals surface area contributed by atoms with Crippen LogP contribution in [0.1, 0.15) is 23.7 Å². The lowest BCUT2D eigenvalue weighted by Gasteiger charge is -2.26. The third-order valence-electron chi connectivity index (χ3n) is 5.55. The average molecular weight is 470 g/mol. The SMILES string of the molecule is NS(=O)(=O)c1ccc2c(c1)OCCC([C@@H](c1cc3ccccc3o1)c1ccccc1Cl)O2. The molecule has 0 aliphatic carbocycles. The maximum absolute atomic E-state index is 11.7. The number of sulfonamides is 1. The Morgan fingerprint density at radius 3 is 2.53 bits per heavy atom. The van der Waals surface area contributed by atoms with Crippen LogP contribution in [0.3, 0.4) is 0 Å². The topological polar surface area (TPSA) is 91.8 Å². The van der Waals surface area contributed by atoms with E-state index in [2.05, 4.69) is 0 Å². The van der Waals surface area contributed by atoms with Crippen LogP contribution >= 0.6 is 11.6 Å². The van der Waals surface area contributed by atoms with Crippen LogP contribution in [0, 0.1) is 0 Å². The van der Waals surface area contributed by atoms with E-state index < -0.39 is 10.0 Å². The molecule has 2 heterocycles. The van der Waals surface area contributed by atoms with E-state index in [1.54, 1.807) is 6.07 Å². The summed E-state index contributed by atoms with van der Waals surface area (Å²) in [5.74, 6) is 1.20. The van der Waals surface area contributed by atoms with Gasteiger partial charge in [-0.2, -0.15) is 0 Å². The van der Waals surface area contributed by atoms with Crippen LogP contribution in [0.15, 0.2) is 82.1 Å². The Labute approximate surface area is 190 Å². The zero-order valence-corrected chi connectivity index (χ0v) is 18.5. The minimum absolute atomic E-state index is 0.0294. The number of para-hydroxylation sites is 1. The predicted molar refractivity (Wildman–Crippen MR) is 122 cm³/mol. The van der Waals surface area contributed by atoms with Gasteiger partial charge in [0.25, 0.3) is 0 Å². The molecular formula is C24H20ClNO5S. The molecule has 4 aromatic rings. The van der Waals surface area contributed by atoms with Crippen LogP contribution < -0.4 is 14.6 Å². The van der Waals surface area contributed by atoms with E-state index in [-0.39, 0.29) is 16.9 Å². The van der Waals surface area contributed by atoms with Crippen molar-refractivity contribution >= 4 is 32.6 Å². The van der Waals surface area contributed by atoms with Crippen LogP contribution in [0.5, 0.6) is 11.5 Å². The number of nitrogens with two attached hydrogens (primary N) is 1. The van der Waals surface area contributed by atoms with Gasteiger partial charge >= 0.3 is 0 Å². The molecule has 1 aromatic heterocycles. The Morgan fingerprint density at radius 1 is 0.969 bits per heavy atom. The van der Waals surface area contributed by atoms with E-state index in [0.717, 1.165) is 22.3 Å². The molecule has 0 amide bonds. The number of halogens is 1. The van der Waals surface area contributed by atoms with Gasteiger partial charge in [0, 0.05) is 22.9 Å². The first-order valence-corrected chi connectivity index (χ1v) is 12.0. The molecule has 1 aliphatic heterocycles. The van der Waals surface area contributed by atoms with Crippen molar-refractivity contribution in [2.75, 3.05) is 6.61 Å². The Kier molecular flexibility index (Phi) is 5.33. The van der Waals surface area contributed by atoms with Gasteiger partial charge in [-0.3, -0.25) is 0 Å². The predicted octanol–water partition coefficient (Wildman–Crippen LogP) is 5.10. The van der Waals surface area contributed by atoms with Crippen LogP contribution in [0.2, 0.25) is 5.02 Å². The molecule has 0 bridgehead atoms. The summed E-state index contributed by atoms with van der Waals surface area (Å²) in [5, 5.41) is 6.86. The fourth-order valence-electron chi connectivity index (χ4n) is 4.04. The number of fused-ring (bicyclic) bond motifs is 2. The second kappa shape index (κ2) is 8.16. The number of rotatable bonds is 4. The molecule has 0 saturated carbocycles. The lowest BCUT2D eigenvalue weighted by atomic mass is 9.89. The number of furan rings is 1. The second-order valence-electron chi connectivity index (χ2n) is 7.63. The number of benzene rings is 3. The first kappa shape index (κ1) is 20.9. The van der Waals surface area contributed by atoms with E-state index in [1.807, 2.05) is 54.6 Å². The van der Waals surface area contributed by atoms with E-state index in [0.29, 0.717) is 29.5 Å². The Bertz CT molecular complexity index is 1370. The van der Waals surface area contributed by atoms with Gasteiger partial charge in [-0.25, -0.2) is 13.6 Å². The van der Waals surface area contributed by atoms with Gasteiger partial charge in [0.2, 0.25) is 10.0 Å². The van der Waals surface area contributed by atoms with Crippen LogP contribution in [0.4, 0.5) is 0 Å². The molecule has 2 atom stereocenters. The maximum Gasteiger partial charge on any atom is 0.238 e. The number of hydrogen-bond acceptors (Lipinski definition) is 5. The molecule has 164 valence electrons. The summed E-state index contributed by atoms with van der Waals surface area (Å²) in [4.78, 5) is -0.0294. The van der Waals surface area contributed by atoms with Crippen molar-refractivity contribution in [3.63, 3.8) is 0 Å². The Hall–Kier alpha value is -3.00. The van der Waals surface area contributed by atoms with Gasteiger partial charge in [-0.1, -0.05) is 48.0 Å². The van der Waals surface area contributed by atoms with Gasteiger partial charge in [0.15, 0.2) is 11.5 Å². The summed E-state index contributed by atoms with van der Waals surface area (Å²) in [6.07, 6.45) is 0.170. The van der Waals surface area contributed by atoms with E-state index in [1.165, 1.54) is 12.1 Å². The molecule has 0 spiro atoms. The van der Waals surface area contributed by atoms with Crippen molar-refractivity contribution in [2.45, 2.75) is 23.3 Å². The summed E-state index contributed by atoms with van der Waals surface area (Å²) in [5.41, 5.74) is 1.66. The standard InChI is InChI=1S/C24H20ClNO5S/c25-18-7-3-2-6-17(18)24(23-13-15-5-1-4-8-19(15)30-23)21-11-12-29-22-14-16(32(26,27)28)9-10-20(22)31-21/h1-10,13-14,21,24H,11-12H2,(H2,26,27,28)/t21?,24-/m0/s1. The number of primary sulfonamides is 1. The molecule has 8 heteroatoms. The van der Waals surface area contributed by atoms with Crippen molar-refractivity contribution < 1.29 is 22.3 Å². The van der Waals surface area contributed by atoms with Crippen LogP contribution in [0.25, 0.3) is 11.0 Å². The minimum atomic E-state index is -3.85. The zero-order chi connectivity index (χ0) is 22.3. The molecule has 0 saturated heterocycles. The number of hydrogen-bond donors (Lipinski definition) is 1. The van der Waals surface area contributed by atoms with Crippen molar-refractivity contribution in [1.82, 2.24) is 0 Å².